The second-order valence-electron chi connectivity index (χ2n) is 8.78. The van der Waals surface area contributed by atoms with E-state index in [-0.39, 0.29) is 6.42 Å². The molecule has 1 heterocycles. The lowest BCUT2D eigenvalue weighted by atomic mass is 9.99. The Labute approximate surface area is 213 Å². The van der Waals surface area contributed by atoms with E-state index in [2.05, 4.69) is 0 Å². The Hall–Kier alpha value is -3.22. The number of carboxylic acids is 1. The summed E-state index contributed by atoms with van der Waals surface area (Å²) in [5.41, 5.74) is 3.82. The van der Waals surface area contributed by atoms with Crippen molar-refractivity contribution in [2.75, 3.05) is 6.26 Å². The summed E-state index contributed by atoms with van der Waals surface area (Å²) in [7, 11) is -1.13. The van der Waals surface area contributed by atoms with Gasteiger partial charge in [-0.25, -0.2) is 9.18 Å². The minimum atomic E-state index is -1.92. The van der Waals surface area contributed by atoms with E-state index < -0.39 is 59.3 Å². The van der Waals surface area contributed by atoms with Crippen molar-refractivity contribution in [2.45, 2.75) is 48.9 Å². The first-order valence-corrected chi connectivity index (χ1v) is 12.8. The average molecular weight is 533 g/mol. The van der Waals surface area contributed by atoms with Crippen LogP contribution in [0.4, 0.5) is 4.39 Å². The zero-order valence-electron chi connectivity index (χ0n) is 19.8. The first-order valence-electron chi connectivity index (χ1n) is 11.3. The molecule has 6 atom stereocenters. The Morgan fingerprint density at radius 1 is 1.05 bits per heavy atom. The maximum absolute atomic E-state index is 14.1. The standard InChI is InChI=1S/C26H25FO9S/c1-12-17(9-13-3-6-15(7-4-13)37(2)34)16-8-5-14(27)10-19(16)18(12)11-20(28)35-26-23(31)21(29)22(30)24(36-26)25(32)33/h3-10,21-24,26,29-31H,11H2,1-2H3,(H,32,33)/b17-9+/t21-,22-,23+,24-,26+,37?/m0/s1. The van der Waals surface area contributed by atoms with Crippen molar-refractivity contribution in [3.63, 3.8) is 0 Å². The molecule has 0 spiro atoms. The molecule has 0 amide bonds. The van der Waals surface area contributed by atoms with Gasteiger partial charge in [0.25, 0.3) is 0 Å². The number of fused-ring (bicyclic) bond motifs is 1. The molecule has 2 aromatic carbocycles. The van der Waals surface area contributed by atoms with Crippen molar-refractivity contribution < 1.29 is 48.1 Å². The molecule has 1 fully saturated rings. The van der Waals surface area contributed by atoms with Crippen LogP contribution in [-0.4, -0.2) is 73.5 Å². The predicted molar refractivity (Wildman–Crippen MR) is 131 cm³/mol. The first kappa shape index (κ1) is 26.8. The van der Waals surface area contributed by atoms with E-state index in [9.17, 15) is 38.6 Å². The smallest absolute Gasteiger partial charge is 0.335 e. The lowest BCUT2D eigenvalue weighted by Crippen LogP contribution is -2.60. The summed E-state index contributed by atoms with van der Waals surface area (Å²) in [6.07, 6.45) is -6.39. The van der Waals surface area contributed by atoms with Gasteiger partial charge in [-0.3, -0.25) is 9.00 Å². The summed E-state index contributed by atoms with van der Waals surface area (Å²) in [5, 5.41) is 39.1. The molecule has 9 nitrogen and oxygen atoms in total. The van der Waals surface area contributed by atoms with Crippen molar-refractivity contribution in [1.82, 2.24) is 0 Å². The fourth-order valence-electron chi connectivity index (χ4n) is 4.37. The van der Waals surface area contributed by atoms with E-state index in [1.54, 1.807) is 43.5 Å². The summed E-state index contributed by atoms with van der Waals surface area (Å²) in [5.74, 6) is -3.04. The molecule has 0 radical (unpaired) electrons. The Balaban J connectivity index is 1.61. The van der Waals surface area contributed by atoms with Crippen molar-refractivity contribution in [2.24, 2.45) is 0 Å². The molecule has 2 aromatic rings. The number of ether oxygens (including phenoxy) is 2. The van der Waals surface area contributed by atoms with Crippen LogP contribution in [0.3, 0.4) is 0 Å². The molecule has 11 heteroatoms. The minimum absolute atomic E-state index is 0.365. The van der Waals surface area contributed by atoms with E-state index in [1.165, 1.54) is 12.1 Å². The van der Waals surface area contributed by atoms with Crippen molar-refractivity contribution in [3.05, 3.63) is 70.5 Å². The second kappa shape index (κ2) is 10.6. The molecule has 37 heavy (non-hydrogen) atoms. The third-order valence-electron chi connectivity index (χ3n) is 6.36. The van der Waals surface area contributed by atoms with E-state index in [0.29, 0.717) is 27.2 Å². The van der Waals surface area contributed by atoms with Crippen molar-refractivity contribution in [3.8, 4) is 0 Å². The van der Waals surface area contributed by atoms with Crippen molar-refractivity contribution >= 4 is 40.0 Å². The van der Waals surface area contributed by atoms with Crippen molar-refractivity contribution in [1.29, 1.82) is 0 Å². The van der Waals surface area contributed by atoms with Gasteiger partial charge in [0.15, 0.2) is 6.10 Å². The minimum Gasteiger partial charge on any atom is -0.479 e. The van der Waals surface area contributed by atoms with E-state index in [4.69, 9.17) is 9.47 Å². The topological polar surface area (TPSA) is 151 Å². The van der Waals surface area contributed by atoms with Gasteiger partial charge in [0.05, 0.1) is 6.42 Å². The van der Waals surface area contributed by atoms with Crippen LogP contribution in [0.15, 0.2) is 52.9 Å². The van der Waals surface area contributed by atoms with Gasteiger partial charge in [-0.1, -0.05) is 18.2 Å². The number of aliphatic hydroxyl groups excluding tert-OH is 3. The number of aliphatic carboxylic acids is 1. The molecule has 2 aliphatic rings. The van der Waals surface area contributed by atoms with E-state index in [0.717, 1.165) is 11.1 Å². The highest BCUT2D eigenvalue weighted by molar-refractivity contribution is 7.84. The van der Waals surface area contributed by atoms with Crippen LogP contribution >= 0.6 is 0 Å². The molecule has 0 bridgehead atoms. The highest BCUT2D eigenvalue weighted by Gasteiger charge is 2.48. The summed E-state index contributed by atoms with van der Waals surface area (Å²) < 4.78 is 36.0. The number of rotatable bonds is 6. The van der Waals surface area contributed by atoms with Crippen LogP contribution in [0.2, 0.25) is 0 Å². The maximum atomic E-state index is 14.1. The van der Waals surface area contributed by atoms with Gasteiger partial charge in [0, 0.05) is 22.0 Å². The summed E-state index contributed by atoms with van der Waals surface area (Å²) in [4.78, 5) is 24.8. The van der Waals surface area contributed by atoms with E-state index in [1.807, 2.05) is 6.08 Å². The lowest BCUT2D eigenvalue weighted by molar-refractivity contribution is -0.286. The Morgan fingerprint density at radius 3 is 2.35 bits per heavy atom. The number of aliphatic hydroxyl groups is 3. The number of carboxylic acid groups (broad SMARTS) is 1. The SMILES string of the molecule is CC1=C(CC(=O)O[C@@H]2O[C@H](C(=O)O)[C@@H](O)[C@H](O)[C@H]2O)c2cc(F)ccc2/C1=C/c1ccc(S(C)=O)cc1. The van der Waals surface area contributed by atoms with Crippen LogP contribution in [0.25, 0.3) is 17.2 Å². The Kier molecular flexibility index (Phi) is 7.72. The lowest BCUT2D eigenvalue weighted by Gasteiger charge is -2.38. The molecule has 0 saturated carbocycles. The Bertz CT molecular complexity index is 1320. The average Bonchev–Trinajstić information content (AvgIpc) is 3.09. The van der Waals surface area contributed by atoms with Crippen LogP contribution in [-0.2, 0) is 29.9 Å². The third-order valence-corrected chi connectivity index (χ3v) is 7.29. The summed E-state index contributed by atoms with van der Waals surface area (Å²) in [6.45, 7) is 1.76. The fraction of sp³-hybridized carbons (Fsp3) is 0.308. The highest BCUT2D eigenvalue weighted by atomic mass is 32.2. The molecule has 0 aromatic heterocycles. The molecule has 1 unspecified atom stereocenters. The number of carbonyl (C=O) groups is 2. The molecular formula is C26H25FO9S. The molecular weight excluding hydrogens is 507 g/mol. The third kappa shape index (κ3) is 5.41. The predicted octanol–water partition coefficient (Wildman–Crippen LogP) is 1.72. The Morgan fingerprint density at radius 2 is 1.73 bits per heavy atom. The normalized spacial score (nSPS) is 27.2. The molecule has 1 aliphatic heterocycles. The number of hydrogen-bond acceptors (Lipinski definition) is 8. The van der Waals surface area contributed by atoms with Gasteiger partial charge >= 0.3 is 11.9 Å². The highest BCUT2D eigenvalue weighted by Crippen LogP contribution is 2.44. The number of carbonyl (C=O) groups excluding carboxylic acids is 1. The number of benzene rings is 2. The molecule has 196 valence electrons. The molecule has 4 N–H and O–H groups in total. The molecule has 4 rings (SSSR count). The zero-order valence-corrected chi connectivity index (χ0v) is 20.6. The molecule has 1 saturated heterocycles. The summed E-state index contributed by atoms with van der Waals surface area (Å²) in [6, 6.07) is 11.3. The fourth-order valence-corrected chi connectivity index (χ4v) is 4.89. The van der Waals surface area contributed by atoms with Gasteiger partial charge < -0.3 is 29.9 Å². The van der Waals surface area contributed by atoms with Gasteiger partial charge in [-0.05, 0) is 70.7 Å². The van der Waals surface area contributed by atoms with Crippen LogP contribution in [0, 0.1) is 5.82 Å². The first-order chi connectivity index (χ1) is 17.5. The largest absolute Gasteiger partial charge is 0.479 e. The van der Waals surface area contributed by atoms with Gasteiger partial charge in [-0.15, -0.1) is 0 Å². The van der Waals surface area contributed by atoms with E-state index >= 15 is 0 Å². The van der Waals surface area contributed by atoms with Crippen LogP contribution in [0.1, 0.15) is 30.0 Å². The monoisotopic (exact) mass is 532 g/mol. The number of hydrogen-bond donors (Lipinski definition) is 4. The molecule has 1 aliphatic carbocycles. The summed E-state index contributed by atoms with van der Waals surface area (Å²) >= 11 is 0. The van der Waals surface area contributed by atoms with Crippen LogP contribution < -0.4 is 0 Å². The number of halogens is 1. The zero-order chi connectivity index (χ0) is 27.0. The van der Waals surface area contributed by atoms with Gasteiger partial charge in [0.2, 0.25) is 6.29 Å². The quantitative estimate of drug-likeness (QED) is 0.408. The second-order valence-corrected chi connectivity index (χ2v) is 10.2. The number of esters is 1. The van der Waals surface area contributed by atoms with Gasteiger partial charge in [0.1, 0.15) is 24.1 Å². The van der Waals surface area contributed by atoms with Gasteiger partial charge in [-0.2, -0.15) is 0 Å². The maximum Gasteiger partial charge on any atom is 0.335 e. The van der Waals surface area contributed by atoms with Crippen LogP contribution in [0.5, 0.6) is 0 Å². The number of allylic oxidation sites excluding steroid dienone is 2.